The van der Waals surface area contributed by atoms with Gasteiger partial charge in [0.1, 0.15) is 0 Å². The molecule has 1 saturated carbocycles. The first-order valence-corrected chi connectivity index (χ1v) is 14.8. The minimum atomic E-state index is -4.90. The molecule has 0 spiro atoms. The standard InChI is InChI=1S/C33H36F6N2O/c34-32(35,36)25-20-23(21-26(22-25)33(37,38)39)8-6-15-30(42)31(29-14-7-10-24-9-4-5-13-28(24)29)41-18-16-40(17-19-41)27-11-2-1-3-12-27/h4-5,7,9-10,13-14,20-22,27,31H,1-3,6,8,11-12,15-19H2. The topological polar surface area (TPSA) is 23.6 Å². The van der Waals surface area contributed by atoms with Crippen molar-refractivity contribution in [3.63, 3.8) is 0 Å². The van der Waals surface area contributed by atoms with Crippen LogP contribution >= 0.6 is 0 Å². The lowest BCUT2D eigenvalue weighted by Crippen LogP contribution is -2.52. The fourth-order valence-corrected chi connectivity index (χ4v) is 6.64. The first-order valence-electron chi connectivity index (χ1n) is 14.8. The molecule has 3 aromatic carbocycles. The van der Waals surface area contributed by atoms with Gasteiger partial charge in [0.2, 0.25) is 0 Å². The van der Waals surface area contributed by atoms with Gasteiger partial charge in [0.15, 0.2) is 5.78 Å². The van der Waals surface area contributed by atoms with Crippen LogP contribution in [0.3, 0.4) is 0 Å². The van der Waals surface area contributed by atoms with E-state index in [1.165, 1.54) is 32.1 Å². The summed E-state index contributed by atoms with van der Waals surface area (Å²) in [6, 6.07) is 15.4. The monoisotopic (exact) mass is 590 g/mol. The quantitative estimate of drug-likeness (QED) is 0.246. The van der Waals surface area contributed by atoms with E-state index in [2.05, 4.69) is 9.80 Å². The van der Waals surface area contributed by atoms with E-state index in [0.717, 1.165) is 54.6 Å². The van der Waals surface area contributed by atoms with E-state index < -0.39 is 29.5 Å². The number of benzene rings is 3. The van der Waals surface area contributed by atoms with Crippen molar-refractivity contribution in [3.05, 3.63) is 82.9 Å². The predicted octanol–water partition coefficient (Wildman–Crippen LogP) is 8.46. The summed E-state index contributed by atoms with van der Waals surface area (Å²) in [5.74, 6) is -0.0690. The summed E-state index contributed by atoms with van der Waals surface area (Å²) in [4.78, 5) is 18.6. The fourth-order valence-electron chi connectivity index (χ4n) is 6.64. The molecule has 2 fully saturated rings. The van der Waals surface area contributed by atoms with Gasteiger partial charge in [-0.3, -0.25) is 14.6 Å². The summed E-state index contributed by atoms with van der Waals surface area (Å²) in [5, 5.41) is 1.98. The second-order valence-corrected chi connectivity index (χ2v) is 11.6. The molecule has 1 saturated heterocycles. The van der Waals surface area contributed by atoms with Crippen LogP contribution in [0.1, 0.15) is 73.2 Å². The van der Waals surface area contributed by atoms with Gasteiger partial charge in [0.25, 0.3) is 0 Å². The summed E-state index contributed by atoms with van der Waals surface area (Å²) >= 11 is 0. The van der Waals surface area contributed by atoms with Crippen LogP contribution in [0, 0.1) is 0 Å². The molecule has 1 unspecified atom stereocenters. The number of Topliss-reactive ketones (excluding diaryl/α,β-unsaturated/α-hetero) is 1. The molecule has 2 aliphatic rings. The summed E-state index contributed by atoms with van der Waals surface area (Å²) in [5.41, 5.74) is -1.85. The minimum Gasteiger partial charge on any atom is -0.298 e. The van der Waals surface area contributed by atoms with Crippen LogP contribution in [0.5, 0.6) is 0 Å². The lowest BCUT2D eigenvalue weighted by molar-refractivity contribution is -0.143. The highest BCUT2D eigenvalue weighted by molar-refractivity contribution is 5.93. The van der Waals surface area contributed by atoms with Gasteiger partial charge in [-0.25, -0.2) is 0 Å². The smallest absolute Gasteiger partial charge is 0.298 e. The Morgan fingerprint density at radius 3 is 2.05 bits per heavy atom. The Labute approximate surface area is 242 Å². The van der Waals surface area contributed by atoms with Crippen LogP contribution in [0.2, 0.25) is 0 Å². The molecule has 3 nitrogen and oxygen atoms in total. The van der Waals surface area contributed by atoms with Crippen LogP contribution in [0.4, 0.5) is 26.3 Å². The van der Waals surface area contributed by atoms with Gasteiger partial charge in [0.05, 0.1) is 17.2 Å². The van der Waals surface area contributed by atoms with E-state index in [9.17, 15) is 31.1 Å². The maximum absolute atomic E-state index is 13.9. The Balaban J connectivity index is 1.34. The highest BCUT2D eigenvalue weighted by Gasteiger charge is 2.37. The largest absolute Gasteiger partial charge is 0.416 e. The van der Waals surface area contributed by atoms with E-state index >= 15 is 0 Å². The van der Waals surface area contributed by atoms with Crippen molar-refractivity contribution in [3.8, 4) is 0 Å². The van der Waals surface area contributed by atoms with E-state index in [4.69, 9.17) is 0 Å². The Bertz CT molecular complexity index is 1330. The molecule has 0 radical (unpaired) electrons. The Morgan fingerprint density at radius 2 is 1.40 bits per heavy atom. The SMILES string of the molecule is O=C(CCCc1cc(C(F)(F)F)cc(C(F)(F)F)c1)C(c1cccc2ccccc12)N1CCN(C2CCCCC2)CC1. The van der Waals surface area contributed by atoms with Gasteiger partial charge in [-0.15, -0.1) is 0 Å². The molecule has 42 heavy (non-hydrogen) atoms. The van der Waals surface area contributed by atoms with Gasteiger partial charge in [-0.2, -0.15) is 26.3 Å². The summed E-state index contributed by atoms with van der Waals surface area (Å²) < 4.78 is 80.0. The number of hydrogen-bond acceptors (Lipinski definition) is 3. The number of alkyl halides is 6. The maximum Gasteiger partial charge on any atom is 0.416 e. The van der Waals surface area contributed by atoms with Crippen LogP contribution in [-0.2, 0) is 23.6 Å². The second-order valence-electron chi connectivity index (χ2n) is 11.6. The van der Waals surface area contributed by atoms with Crippen molar-refractivity contribution in [2.45, 2.75) is 75.8 Å². The molecule has 5 rings (SSSR count). The molecule has 3 aromatic rings. The van der Waals surface area contributed by atoms with Gasteiger partial charge in [-0.05, 0) is 65.8 Å². The third kappa shape index (κ3) is 7.17. The third-order valence-corrected chi connectivity index (χ3v) is 8.76. The van der Waals surface area contributed by atoms with Crippen LogP contribution in [0.15, 0.2) is 60.7 Å². The van der Waals surface area contributed by atoms with E-state index in [-0.39, 0.29) is 36.7 Å². The highest BCUT2D eigenvalue weighted by atomic mass is 19.4. The third-order valence-electron chi connectivity index (χ3n) is 8.76. The number of halogens is 6. The van der Waals surface area contributed by atoms with Crippen molar-refractivity contribution in [2.75, 3.05) is 26.2 Å². The molecule has 0 aromatic heterocycles. The second kappa shape index (κ2) is 12.8. The van der Waals surface area contributed by atoms with Gasteiger partial charge < -0.3 is 0 Å². The average Bonchev–Trinajstić information content (AvgIpc) is 2.97. The molecule has 226 valence electrons. The molecule has 1 aliphatic carbocycles. The number of fused-ring (bicyclic) bond motifs is 1. The maximum atomic E-state index is 13.9. The van der Waals surface area contributed by atoms with Crippen molar-refractivity contribution < 1.29 is 31.1 Å². The van der Waals surface area contributed by atoms with Crippen molar-refractivity contribution in [1.29, 1.82) is 0 Å². The Hall–Kier alpha value is -2.91. The van der Waals surface area contributed by atoms with Gasteiger partial charge >= 0.3 is 12.4 Å². The zero-order valence-electron chi connectivity index (χ0n) is 23.5. The van der Waals surface area contributed by atoms with Gasteiger partial charge in [-0.1, -0.05) is 61.7 Å². The number of rotatable bonds is 8. The number of nitrogens with zero attached hydrogens (tertiary/aromatic N) is 2. The number of hydrogen-bond donors (Lipinski definition) is 0. The normalized spacial score (nSPS) is 18.8. The average molecular weight is 591 g/mol. The van der Waals surface area contributed by atoms with E-state index in [1.54, 1.807) is 0 Å². The first kappa shape index (κ1) is 30.5. The molecule has 0 bridgehead atoms. The van der Waals surface area contributed by atoms with Crippen LogP contribution in [0.25, 0.3) is 10.8 Å². The molecule has 9 heteroatoms. The number of ketones is 1. The molecule has 0 N–H and O–H groups in total. The van der Waals surface area contributed by atoms with E-state index in [0.29, 0.717) is 6.04 Å². The molecule has 1 atom stereocenters. The number of carbonyl (C=O) groups excluding carboxylic acids is 1. The van der Waals surface area contributed by atoms with Crippen molar-refractivity contribution in [2.24, 2.45) is 0 Å². The van der Waals surface area contributed by atoms with E-state index in [1.807, 2.05) is 42.5 Å². The van der Waals surface area contributed by atoms with Crippen LogP contribution in [-0.4, -0.2) is 47.8 Å². The molecule has 1 heterocycles. The molecular weight excluding hydrogens is 554 g/mol. The Kier molecular flexibility index (Phi) is 9.28. The summed E-state index contributed by atoms with van der Waals surface area (Å²) in [6.45, 7) is 3.17. The van der Waals surface area contributed by atoms with Crippen molar-refractivity contribution >= 4 is 16.6 Å². The molecule has 1 aliphatic heterocycles. The molecule has 0 amide bonds. The van der Waals surface area contributed by atoms with Crippen molar-refractivity contribution in [1.82, 2.24) is 9.80 Å². The predicted molar refractivity (Wildman–Crippen MR) is 151 cm³/mol. The van der Waals surface area contributed by atoms with Crippen LogP contribution < -0.4 is 0 Å². The number of piperazine rings is 1. The zero-order chi connectivity index (χ0) is 29.9. The lowest BCUT2D eigenvalue weighted by atomic mass is 9.91. The Morgan fingerprint density at radius 1 is 0.786 bits per heavy atom. The first-order chi connectivity index (χ1) is 20.0. The number of carbonyl (C=O) groups is 1. The lowest BCUT2D eigenvalue weighted by Gasteiger charge is -2.43. The number of aryl methyl sites for hydroxylation is 1. The summed E-state index contributed by atoms with van der Waals surface area (Å²) in [7, 11) is 0. The summed E-state index contributed by atoms with van der Waals surface area (Å²) in [6.07, 6.45) is -3.46. The zero-order valence-corrected chi connectivity index (χ0v) is 23.5. The minimum absolute atomic E-state index is 0.0499. The fraction of sp³-hybridized carbons (Fsp3) is 0.485. The molecular formula is C33H36F6N2O. The highest BCUT2D eigenvalue weighted by Crippen LogP contribution is 2.37. The van der Waals surface area contributed by atoms with Gasteiger partial charge in [0, 0.05) is 38.6 Å².